The quantitative estimate of drug-likeness (QED) is 0.266. The zero-order valence-electron chi connectivity index (χ0n) is 16.4. The van der Waals surface area contributed by atoms with E-state index in [9.17, 15) is 0 Å². The van der Waals surface area contributed by atoms with Gasteiger partial charge in [-0.2, -0.15) is 0 Å². The standard InChI is InChI=1S/C21H31N3O2.HI/c1-4-17-26-19-9-7-18(8-10-19)11-14-23-21(22-5-2)24-15-12-20(13-16-24)25-6-3;/h1,7-10,20H,5-6,11-17H2,2-3H3,(H,22,23);1H. The van der Waals surface area contributed by atoms with E-state index in [-0.39, 0.29) is 24.0 Å². The van der Waals surface area contributed by atoms with Gasteiger partial charge in [0.25, 0.3) is 0 Å². The number of hydrogen-bond donors (Lipinski definition) is 1. The molecule has 0 amide bonds. The number of benzene rings is 1. The Kier molecular flexibility index (Phi) is 11.9. The minimum atomic E-state index is 0. The average molecular weight is 485 g/mol. The van der Waals surface area contributed by atoms with Crippen molar-refractivity contribution in [1.29, 1.82) is 0 Å². The summed E-state index contributed by atoms with van der Waals surface area (Å²) in [5.41, 5.74) is 1.24. The van der Waals surface area contributed by atoms with Gasteiger partial charge in [-0.3, -0.25) is 4.99 Å². The summed E-state index contributed by atoms with van der Waals surface area (Å²) in [6.45, 7) is 8.91. The zero-order valence-corrected chi connectivity index (χ0v) is 18.8. The maximum absolute atomic E-state index is 5.74. The lowest BCUT2D eigenvalue weighted by atomic mass is 10.1. The molecule has 1 aromatic carbocycles. The summed E-state index contributed by atoms with van der Waals surface area (Å²) in [7, 11) is 0. The summed E-state index contributed by atoms with van der Waals surface area (Å²) in [6.07, 6.45) is 8.64. The third-order valence-corrected chi connectivity index (χ3v) is 4.39. The number of likely N-dealkylation sites (tertiary alicyclic amines) is 1. The maximum Gasteiger partial charge on any atom is 0.193 e. The molecule has 27 heavy (non-hydrogen) atoms. The van der Waals surface area contributed by atoms with E-state index in [1.807, 2.05) is 12.1 Å². The van der Waals surface area contributed by atoms with Crippen molar-refractivity contribution in [2.75, 3.05) is 39.4 Å². The third kappa shape index (κ3) is 8.39. The molecule has 0 spiro atoms. The highest BCUT2D eigenvalue weighted by Gasteiger charge is 2.21. The zero-order chi connectivity index (χ0) is 18.6. The van der Waals surface area contributed by atoms with Crippen LogP contribution in [-0.4, -0.2) is 56.4 Å². The van der Waals surface area contributed by atoms with Crippen molar-refractivity contribution in [3.05, 3.63) is 29.8 Å². The van der Waals surface area contributed by atoms with Gasteiger partial charge < -0.3 is 19.7 Å². The second-order valence-electron chi connectivity index (χ2n) is 6.26. The second-order valence-corrected chi connectivity index (χ2v) is 6.26. The molecule has 6 heteroatoms. The Balaban J connectivity index is 0.00000364. The third-order valence-electron chi connectivity index (χ3n) is 4.39. The number of piperidine rings is 1. The monoisotopic (exact) mass is 485 g/mol. The summed E-state index contributed by atoms with van der Waals surface area (Å²) in [6, 6.07) is 8.06. The molecule has 1 fully saturated rings. The van der Waals surface area contributed by atoms with Gasteiger partial charge in [-0.25, -0.2) is 0 Å². The lowest BCUT2D eigenvalue weighted by Crippen LogP contribution is -2.47. The highest BCUT2D eigenvalue weighted by molar-refractivity contribution is 14.0. The molecule has 0 bridgehead atoms. The topological polar surface area (TPSA) is 46.1 Å². The second kappa shape index (κ2) is 13.7. The predicted molar refractivity (Wildman–Crippen MR) is 122 cm³/mol. The van der Waals surface area contributed by atoms with Crippen molar-refractivity contribution in [1.82, 2.24) is 10.2 Å². The van der Waals surface area contributed by atoms with Crippen molar-refractivity contribution >= 4 is 29.9 Å². The maximum atomic E-state index is 5.74. The van der Waals surface area contributed by atoms with Crippen LogP contribution < -0.4 is 10.1 Å². The van der Waals surface area contributed by atoms with Crippen LogP contribution in [0.2, 0.25) is 0 Å². The van der Waals surface area contributed by atoms with Gasteiger partial charge in [-0.15, -0.1) is 30.4 Å². The Labute approximate surface area is 180 Å². The van der Waals surface area contributed by atoms with E-state index in [1.165, 1.54) is 5.56 Å². The van der Waals surface area contributed by atoms with Crippen LogP contribution >= 0.6 is 24.0 Å². The van der Waals surface area contributed by atoms with Gasteiger partial charge in [-0.05, 0) is 50.8 Å². The van der Waals surface area contributed by atoms with Crippen molar-refractivity contribution in [3.63, 3.8) is 0 Å². The average Bonchev–Trinajstić information content (AvgIpc) is 2.67. The predicted octanol–water partition coefficient (Wildman–Crippen LogP) is 3.33. The number of hydrogen-bond acceptors (Lipinski definition) is 3. The van der Waals surface area contributed by atoms with Gasteiger partial charge in [-0.1, -0.05) is 18.1 Å². The van der Waals surface area contributed by atoms with Crippen LogP contribution in [0.3, 0.4) is 0 Å². The number of aliphatic imine (C=N–C) groups is 1. The summed E-state index contributed by atoms with van der Waals surface area (Å²) in [4.78, 5) is 7.15. The molecule has 5 nitrogen and oxygen atoms in total. The van der Waals surface area contributed by atoms with Gasteiger partial charge >= 0.3 is 0 Å². The number of rotatable bonds is 8. The van der Waals surface area contributed by atoms with Crippen LogP contribution in [0.15, 0.2) is 29.3 Å². The molecule has 1 heterocycles. The summed E-state index contributed by atoms with van der Waals surface area (Å²) in [5, 5.41) is 3.41. The van der Waals surface area contributed by atoms with Gasteiger partial charge in [0.15, 0.2) is 5.96 Å². The van der Waals surface area contributed by atoms with Crippen LogP contribution in [0.1, 0.15) is 32.3 Å². The number of terminal acetylenes is 1. The Morgan fingerprint density at radius 1 is 1.26 bits per heavy atom. The fraction of sp³-hybridized carbons (Fsp3) is 0.571. The largest absolute Gasteiger partial charge is 0.481 e. The van der Waals surface area contributed by atoms with Crippen molar-refractivity contribution in [2.24, 2.45) is 4.99 Å². The number of ether oxygens (including phenoxy) is 2. The highest BCUT2D eigenvalue weighted by Crippen LogP contribution is 2.14. The normalized spacial score (nSPS) is 15.0. The first-order valence-electron chi connectivity index (χ1n) is 9.56. The molecule has 1 aliphatic heterocycles. The molecule has 150 valence electrons. The molecule has 2 rings (SSSR count). The van der Waals surface area contributed by atoms with E-state index in [0.717, 1.165) is 63.8 Å². The SMILES string of the molecule is C#CCOc1ccc(CCN=C(NCC)N2CCC(OCC)CC2)cc1.I. The van der Waals surface area contributed by atoms with E-state index in [4.69, 9.17) is 20.9 Å². The lowest BCUT2D eigenvalue weighted by Gasteiger charge is -2.34. The number of guanidine groups is 1. The van der Waals surface area contributed by atoms with Crippen molar-refractivity contribution in [3.8, 4) is 18.1 Å². The molecule has 0 atom stereocenters. The van der Waals surface area contributed by atoms with E-state index < -0.39 is 0 Å². The molecule has 0 radical (unpaired) electrons. The minimum Gasteiger partial charge on any atom is -0.481 e. The highest BCUT2D eigenvalue weighted by atomic mass is 127. The summed E-state index contributed by atoms with van der Waals surface area (Å²) < 4.78 is 11.1. The first-order chi connectivity index (χ1) is 12.8. The van der Waals surface area contributed by atoms with Crippen molar-refractivity contribution in [2.45, 2.75) is 39.2 Å². The molecular weight excluding hydrogens is 453 g/mol. The Hall–Kier alpha value is -1.46. The molecule has 1 N–H and O–H groups in total. The van der Waals surface area contributed by atoms with Crippen LogP contribution in [0.25, 0.3) is 0 Å². The number of nitrogens with zero attached hydrogens (tertiary/aromatic N) is 2. The van der Waals surface area contributed by atoms with Crippen LogP contribution in [0.5, 0.6) is 5.75 Å². The van der Waals surface area contributed by atoms with Crippen LogP contribution in [0, 0.1) is 12.3 Å². The van der Waals surface area contributed by atoms with E-state index in [1.54, 1.807) is 0 Å². The molecular formula is C21H32IN3O2. The summed E-state index contributed by atoms with van der Waals surface area (Å²) >= 11 is 0. The molecule has 0 unspecified atom stereocenters. The molecule has 0 aliphatic carbocycles. The number of nitrogens with one attached hydrogen (secondary N) is 1. The Morgan fingerprint density at radius 3 is 2.56 bits per heavy atom. The first kappa shape index (κ1) is 23.6. The van der Waals surface area contributed by atoms with E-state index >= 15 is 0 Å². The first-order valence-corrected chi connectivity index (χ1v) is 9.56. The van der Waals surface area contributed by atoms with Gasteiger partial charge in [0, 0.05) is 32.8 Å². The fourth-order valence-corrected chi connectivity index (χ4v) is 3.06. The molecule has 1 aliphatic rings. The lowest BCUT2D eigenvalue weighted by molar-refractivity contribution is 0.0264. The molecule has 0 aromatic heterocycles. The fourth-order valence-electron chi connectivity index (χ4n) is 3.06. The Bertz CT molecular complexity index is 590. The van der Waals surface area contributed by atoms with Gasteiger partial charge in [0.05, 0.1) is 6.10 Å². The Morgan fingerprint density at radius 2 is 1.96 bits per heavy atom. The van der Waals surface area contributed by atoms with Crippen molar-refractivity contribution < 1.29 is 9.47 Å². The smallest absolute Gasteiger partial charge is 0.193 e. The molecule has 0 saturated carbocycles. The minimum absolute atomic E-state index is 0. The van der Waals surface area contributed by atoms with Crippen LogP contribution in [0.4, 0.5) is 0 Å². The van der Waals surface area contributed by atoms with Gasteiger partial charge in [0.1, 0.15) is 12.4 Å². The van der Waals surface area contributed by atoms with Gasteiger partial charge in [0.2, 0.25) is 0 Å². The van der Waals surface area contributed by atoms with E-state index in [0.29, 0.717) is 12.7 Å². The number of halogens is 1. The summed E-state index contributed by atoms with van der Waals surface area (Å²) in [5.74, 6) is 4.29. The van der Waals surface area contributed by atoms with E-state index in [2.05, 4.69) is 42.1 Å². The molecule has 1 saturated heterocycles. The molecule has 1 aromatic rings. The van der Waals surface area contributed by atoms with Crippen LogP contribution in [-0.2, 0) is 11.2 Å².